The summed E-state index contributed by atoms with van der Waals surface area (Å²) in [5.74, 6) is -1.33. The summed E-state index contributed by atoms with van der Waals surface area (Å²) in [6, 6.07) is 8.00. The number of hydrogen-bond donors (Lipinski definition) is 0. The highest BCUT2D eigenvalue weighted by molar-refractivity contribution is 6.30. The van der Waals surface area contributed by atoms with Crippen LogP contribution < -0.4 is 9.64 Å². The molecule has 0 fully saturated rings. The van der Waals surface area contributed by atoms with E-state index in [9.17, 15) is 13.6 Å². The van der Waals surface area contributed by atoms with Crippen LogP contribution in [0.4, 0.5) is 14.5 Å². The molecule has 2 aromatic carbocycles. The van der Waals surface area contributed by atoms with E-state index in [1.165, 1.54) is 4.90 Å². The predicted octanol–water partition coefficient (Wildman–Crippen LogP) is 3.93. The molecule has 6 heteroatoms. The zero-order valence-electron chi connectivity index (χ0n) is 11.6. The molecule has 3 nitrogen and oxygen atoms in total. The average Bonchev–Trinajstić information content (AvgIpc) is 2.56. The molecule has 1 amide bonds. The summed E-state index contributed by atoms with van der Waals surface area (Å²) in [4.78, 5) is 13.7. The zero-order valence-corrected chi connectivity index (χ0v) is 12.4. The summed E-state index contributed by atoms with van der Waals surface area (Å²) in [6.45, 7) is 1.72. The molecule has 1 aliphatic rings. The van der Waals surface area contributed by atoms with Crippen molar-refractivity contribution < 1.29 is 18.3 Å². The molecule has 0 aliphatic carbocycles. The van der Waals surface area contributed by atoms with E-state index in [1.807, 2.05) is 0 Å². The number of nitrogens with zero attached hydrogens (tertiary/aromatic N) is 1. The summed E-state index contributed by atoms with van der Waals surface area (Å²) in [5.41, 5.74) is 0.820. The highest BCUT2D eigenvalue weighted by atomic mass is 35.5. The van der Waals surface area contributed by atoms with Gasteiger partial charge in [0.25, 0.3) is 5.91 Å². The number of anilines is 1. The second kappa shape index (κ2) is 5.57. The molecule has 3 rings (SSSR count). The fourth-order valence-corrected chi connectivity index (χ4v) is 2.60. The van der Waals surface area contributed by atoms with Crippen molar-refractivity contribution in [3.8, 4) is 5.75 Å². The lowest BCUT2D eigenvalue weighted by molar-refractivity contribution is -0.124. The van der Waals surface area contributed by atoms with Crippen LogP contribution in [0.1, 0.15) is 12.5 Å². The minimum atomic E-state index is -0.770. The van der Waals surface area contributed by atoms with E-state index in [-0.39, 0.29) is 18.1 Å². The van der Waals surface area contributed by atoms with E-state index in [4.69, 9.17) is 16.3 Å². The monoisotopic (exact) mass is 323 g/mol. The molecule has 22 heavy (non-hydrogen) atoms. The Labute approximate surface area is 131 Å². The van der Waals surface area contributed by atoms with Crippen molar-refractivity contribution in [3.63, 3.8) is 0 Å². The van der Waals surface area contributed by atoms with Crippen molar-refractivity contribution in [2.45, 2.75) is 19.6 Å². The third-order valence-electron chi connectivity index (χ3n) is 3.43. The van der Waals surface area contributed by atoms with Crippen molar-refractivity contribution in [1.82, 2.24) is 0 Å². The third kappa shape index (κ3) is 2.76. The number of halogens is 3. The average molecular weight is 324 g/mol. The van der Waals surface area contributed by atoms with Crippen molar-refractivity contribution in [2.24, 2.45) is 0 Å². The van der Waals surface area contributed by atoms with E-state index >= 15 is 0 Å². The predicted molar refractivity (Wildman–Crippen MR) is 79.1 cm³/mol. The fraction of sp³-hybridized carbons (Fsp3) is 0.188. The quantitative estimate of drug-likeness (QED) is 0.795. The van der Waals surface area contributed by atoms with Crippen molar-refractivity contribution in [1.29, 1.82) is 0 Å². The number of amides is 1. The van der Waals surface area contributed by atoms with Gasteiger partial charge in [-0.25, -0.2) is 8.78 Å². The van der Waals surface area contributed by atoms with Gasteiger partial charge >= 0.3 is 0 Å². The van der Waals surface area contributed by atoms with Crippen LogP contribution in [0.5, 0.6) is 5.75 Å². The Morgan fingerprint density at radius 2 is 1.86 bits per heavy atom. The maximum atomic E-state index is 13.4. The largest absolute Gasteiger partial charge is 0.481 e. The first-order chi connectivity index (χ1) is 10.4. The number of benzene rings is 2. The zero-order chi connectivity index (χ0) is 15.9. The molecular weight excluding hydrogens is 312 g/mol. The number of ether oxygens (including phenoxy) is 1. The minimum Gasteiger partial charge on any atom is -0.481 e. The topological polar surface area (TPSA) is 29.5 Å². The van der Waals surface area contributed by atoms with Crippen LogP contribution in [0, 0.1) is 11.6 Å². The van der Waals surface area contributed by atoms with Gasteiger partial charge in [0.15, 0.2) is 6.10 Å². The molecule has 1 heterocycles. The minimum absolute atomic E-state index is 0.127. The number of fused-ring (bicyclic) bond motifs is 1. The molecule has 0 unspecified atom stereocenters. The van der Waals surface area contributed by atoms with Crippen molar-refractivity contribution in [3.05, 3.63) is 58.6 Å². The van der Waals surface area contributed by atoms with Crippen molar-refractivity contribution >= 4 is 23.2 Å². The summed E-state index contributed by atoms with van der Waals surface area (Å²) in [5, 5.41) is 0.495. The first kappa shape index (κ1) is 14.8. The van der Waals surface area contributed by atoms with Crippen LogP contribution >= 0.6 is 11.6 Å². The number of hydrogen-bond acceptors (Lipinski definition) is 2. The van der Waals surface area contributed by atoms with Crippen LogP contribution in [-0.4, -0.2) is 12.0 Å². The van der Waals surface area contributed by atoms with Crippen LogP contribution in [-0.2, 0) is 11.3 Å². The van der Waals surface area contributed by atoms with Gasteiger partial charge in [-0.3, -0.25) is 4.79 Å². The van der Waals surface area contributed by atoms with Gasteiger partial charge in [0.2, 0.25) is 0 Å². The van der Waals surface area contributed by atoms with Gasteiger partial charge in [-0.1, -0.05) is 11.6 Å². The summed E-state index contributed by atoms with van der Waals surface area (Å²) in [7, 11) is 0. The second-order valence-corrected chi connectivity index (χ2v) is 5.50. The van der Waals surface area contributed by atoms with E-state index in [1.54, 1.807) is 25.1 Å². The molecule has 2 aromatic rings. The SMILES string of the molecule is C[C@H]1Oc2ccc(Cl)cc2CN(c2cc(F)cc(F)c2)C1=O. The van der Waals surface area contributed by atoms with Gasteiger partial charge in [-0.2, -0.15) is 0 Å². The van der Waals surface area contributed by atoms with Crippen molar-refractivity contribution in [2.75, 3.05) is 4.90 Å². The smallest absolute Gasteiger partial charge is 0.268 e. The number of rotatable bonds is 1. The van der Waals surface area contributed by atoms with Crippen LogP contribution in [0.2, 0.25) is 5.02 Å². The van der Waals surface area contributed by atoms with Crippen LogP contribution in [0.25, 0.3) is 0 Å². The van der Waals surface area contributed by atoms with Gasteiger partial charge in [-0.15, -0.1) is 0 Å². The van der Waals surface area contributed by atoms with E-state index in [2.05, 4.69) is 0 Å². The first-order valence-corrected chi connectivity index (χ1v) is 7.04. The van der Waals surface area contributed by atoms with E-state index in [0.717, 1.165) is 18.2 Å². The van der Waals surface area contributed by atoms with Gasteiger partial charge in [0, 0.05) is 22.3 Å². The third-order valence-corrected chi connectivity index (χ3v) is 3.66. The highest BCUT2D eigenvalue weighted by Crippen LogP contribution is 2.31. The molecule has 0 N–H and O–H groups in total. The first-order valence-electron chi connectivity index (χ1n) is 6.66. The number of carbonyl (C=O) groups excluding carboxylic acids is 1. The lowest BCUT2D eigenvalue weighted by Gasteiger charge is -2.22. The Hall–Kier alpha value is -2.14. The Balaban J connectivity index is 2.08. The molecule has 0 aromatic heterocycles. The van der Waals surface area contributed by atoms with Gasteiger partial charge in [-0.05, 0) is 37.3 Å². The lowest BCUT2D eigenvalue weighted by Crippen LogP contribution is -2.38. The molecule has 0 bridgehead atoms. The maximum absolute atomic E-state index is 13.4. The molecule has 0 saturated carbocycles. The standard InChI is InChI=1S/C16H12ClF2NO2/c1-9-16(21)20(14-6-12(18)5-13(19)7-14)8-10-4-11(17)2-3-15(10)22-9/h2-7,9H,8H2,1H3/t9-/m1/s1. The Morgan fingerprint density at radius 3 is 2.55 bits per heavy atom. The summed E-state index contributed by atoms with van der Waals surface area (Å²) < 4.78 is 32.5. The molecule has 114 valence electrons. The number of carbonyl (C=O) groups is 1. The molecule has 1 aliphatic heterocycles. The Bertz CT molecular complexity index is 731. The molecule has 0 spiro atoms. The molecule has 0 radical (unpaired) electrons. The molecular formula is C16H12ClF2NO2. The van der Waals surface area contributed by atoms with Crippen LogP contribution in [0.3, 0.4) is 0 Å². The molecule has 0 saturated heterocycles. The maximum Gasteiger partial charge on any atom is 0.268 e. The van der Waals surface area contributed by atoms with Crippen LogP contribution in [0.15, 0.2) is 36.4 Å². The fourth-order valence-electron chi connectivity index (χ4n) is 2.41. The van der Waals surface area contributed by atoms with Gasteiger partial charge < -0.3 is 9.64 Å². The highest BCUT2D eigenvalue weighted by Gasteiger charge is 2.29. The molecule has 1 atom stereocenters. The van der Waals surface area contributed by atoms with E-state index < -0.39 is 17.7 Å². The lowest BCUT2D eigenvalue weighted by atomic mass is 10.1. The van der Waals surface area contributed by atoms with Gasteiger partial charge in [0.1, 0.15) is 17.4 Å². The summed E-state index contributed by atoms with van der Waals surface area (Å²) >= 11 is 5.97. The normalized spacial score (nSPS) is 17.7. The Morgan fingerprint density at radius 1 is 1.18 bits per heavy atom. The second-order valence-electron chi connectivity index (χ2n) is 5.06. The van der Waals surface area contributed by atoms with E-state index in [0.29, 0.717) is 16.3 Å². The Kier molecular flexibility index (Phi) is 3.74. The summed E-state index contributed by atoms with van der Waals surface area (Å²) in [6.07, 6.45) is -0.770. The van der Waals surface area contributed by atoms with Gasteiger partial charge in [0.05, 0.1) is 6.54 Å².